The van der Waals surface area contributed by atoms with E-state index < -0.39 is 0 Å². The van der Waals surface area contributed by atoms with E-state index >= 15 is 0 Å². The summed E-state index contributed by atoms with van der Waals surface area (Å²) < 4.78 is 0. The lowest BCUT2D eigenvalue weighted by Crippen LogP contribution is -1.95. The summed E-state index contributed by atoms with van der Waals surface area (Å²) in [5, 5.41) is 13.1. The first-order valence-electron chi connectivity index (χ1n) is 5.32. The molecule has 2 aromatic rings. The summed E-state index contributed by atoms with van der Waals surface area (Å²) in [5.74, 6) is 0.655. The number of hydrogen-bond donors (Lipinski definition) is 1. The van der Waals surface area contributed by atoms with Gasteiger partial charge in [0.15, 0.2) is 5.82 Å². The van der Waals surface area contributed by atoms with Gasteiger partial charge in [0.2, 0.25) is 0 Å². The topological polar surface area (TPSA) is 48.7 Å². The number of anilines is 2. The molecule has 0 amide bonds. The molecule has 0 bridgehead atoms. The highest BCUT2D eigenvalue weighted by Crippen LogP contribution is 2.26. The SMILES string of the molecule is Cc1ccc(Nc2nc(C)sc2C#N)c(C)c1. The Morgan fingerprint density at radius 3 is 2.71 bits per heavy atom. The standard InChI is InChI=1S/C13H13N3S/c1-8-4-5-11(9(2)6-8)16-13-12(7-14)17-10(3)15-13/h4-6,16H,1-3H3. The van der Waals surface area contributed by atoms with Gasteiger partial charge in [-0.25, -0.2) is 4.98 Å². The van der Waals surface area contributed by atoms with Crippen LogP contribution in [0.2, 0.25) is 0 Å². The summed E-state index contributed by atoms with van der Waals surface area (Å²) in [7, 11) is 0. The highest BCUT2D eigenvalue weighted by molar-refractivity contribution is 7.12. The van der Waals surface area contributed by atoms with Gasteiger partial charge < -0.3 is 5.32 Å². The zero-order valence-corrected chi connectivity index (χ0v) is 10.9. The van der Waals surface area contributed by atoms with Crippen molar-refractivity contribution in [2.45, 2.75) is 20.8 Å². The lowest BCUT2D eigenvalue weighted by atomic mass is 10.1. The molecule has 1 aromatic heterocycles. The smallest absolute Gasteiger partial charge is 0.159 e. The molecule has 0 aliphatic rings. The van der Waals surface area contributed by atoms with Crippen LogP contribution < -0.4 is 5.32 Å². The molecule has 0 fully saturated rings. The van der Waals surface area contributed by atoms with Crippen LogP contribution in [-0.4, -0.2) is 4.98 Å². The lowest BCUT2D eigenvalue weighted by molar-refractivity contribution is 1.27. The second kappa shape index (κ2) is 4.56. The minimum Gasteiger partial charge on any atom is -0.338 e. The number of nitrogens with one attached hydrogen (secondary N) is 1. The Labute approximate surface area is 105 Å². The minimum absolute atomic E-state index is 0.627. The second-order valence-corrected chi connectivity index (χ2v) is 5.17. The van der Waals surface area contributed by atoms with Crippen LogP contribution in [0.1, 0.15) is 21.0 Å². The zero-order chi connectivity index (χ0) is 12.4. The lowest BCUT2D eigenvalue weighted by Gasteiger charge is -2.08. The number of thiazole rings is 1. The summed E-state index contributed by atoms with van der Waals surface area (Å²) >= 11 is 1.41. The van der Waals surface area contributed by atoms with Gasteiger partial charge in [0, 0.05) is 5.69 Å². The summed E-state index contributed by atoms with van der Waals surface area (Å²) in [4.78, 5) is 4.95. The highest BCUT2D eigenvalue weighted by atomic mass is 32.1. The van der Waals surface area contributed by atoms with E-state index in [4.69, 9.17) is 5.26 Å². The first-order valence-corrected chi connectivity index (χ1v) is 6.13. The number of benzene rings is 1. The van der Waals surface area contributed by atoms with E-state index in [2.05, 4.69) is 29.4 Å². The Hall–Kier alpha value is -1.86. The predicted octanol–water partition coefficient (Wildman–Crippen LogP) is 3.68. The Morgan fingerprint density at radius 1 is 1.29 bits per heavy atom. The van der Waals surface area contributed by atoms with Crippen LogP contribution in [0.4, 0.5) is 11.5 Å². The normalized spacial score (nSPS) is 10.0. The maximum absolute atomic E-state index is 9.00. The monoisotopic (exact) mass is 243 g/mol. The van der Waals surface area contributed by atoms with Gasteiger partial charge in [-0.3, -0.25) is 0 Å². The van der Waals surface area contributed by atoms with Crippen LogP contribution in [0.25, 0.3) is 0 Å². The van der Waals surface area contributed by atoms with Gasteiger partial charge in [0.1, 0.15) is 10.9 Å². The summed E-state index contributed by atoms with van der Waals surface area (Å²) in [5.41, 5.74) is 3.37. The Morgan fingerprint density at radius 2 is 2.06 bits per heavy atom. The molecule has 86 valence electrons. The van der Waals surface area contributed by atoms with Gasteiger partial charge in [-0.15, -0.1) is 11.3 Å². The third-order valence-corrected chi connectivity index (χ3v) is 3.35. The van der Waals surface area contributed by atoms with Crippen molar-refractivity contribution in [1.29, 1.82) is 5.26 Å². The van der Waals surface area contributed by atoms with Gasteiger partial charge in [-0.2, -0.15) is 5.26 Å². The Bertz CT molecular complexity index is 593. The molecule has 2 rings (SSSR count). The van der Waals surface area contributed by atoms with Crippen molar-refractivity contribution in [3.63, 3.8) is 0 Å². The third-order valence-electron chi connectivity index (χ3n) is 2.47. The first-order chi connectivity index (χ1) is 8.10. The highest BCUT2D eigenvalue weighted by Gasteiger charge is 2.09. The number of rotatable bonds is 2. The number of aryl methyl sites for hydroxylation is 3. The molecule has 0 radical (unpaired) electrons. The fourth-order valence-corrected chi connectivity index (χ4v) is 2.34. The molecule has 3 nitrogen and oxygen atoms in total. The van der Waals surface area contributed by atoms with Crippen LogP contribution in [0.15, 0.2) is 18.2 Å². The van der Waals surface area contributed by atoms with Gasteiger partial charge in [0.25, 0.3) is 0 Å². The van der Waals surface area contributed by atoms with E-state index in [1.165, 1.54) is 16.9 Å². The molecule has 4 heteroatoms. The Kier molecular flexibility index (Phi) is 3.12. The Balaban J connectivity index is 2.35. The van der Waals surface area contributed by atoms with E-state index in [9.17, 15) is 0 Å². The van der Waals surface area contributed by atoms with Gasteiger partial charge in [-0.1, -0.05) is 17.7 Å². The molecule has 1 heterocycles. The summed E-state index contributed by atoms with van der Waals surface area (Å²) in [6.45, 7) is 6.00. The predicted molar refractivity (Wildman–Crippen MR) is 70.8 cm³/mol. The minimum atomic E-state index is 0.627. The number of hydrogen-bond acceptors (Lipinski definition) is 4. The number of nitriles is 1. The van der Waals surface area contributed by atoms with Crippen molar-refractivity contribution in [3.8, 4) is 6.07 Å². The van der Waals surface area contributed by atoms with E-state index in [1.807, 2.05) is 26.0 Å². The van der Waals surface area contributed by atoms with Crippen molar-refractivity contribution in [2.24, 2.45) is 0 Å². The van der Waals surface area contributed by atoms with Crippen molar-refractivity contribution >= 4 is 22.8 Å². The number of nitrogens with zero attached hydrogens (tertiary/aromatic N) is 2. The average Bonchev–Trinajstić information content (AvgIpc) is 2.63. The molecular formula is C13H13N3S. The van der Waals surface area contributed by atoms with Crippen LogP contribution in [0, 0.1) is 32.1 Å². The quantitative estimate of drug-likeness (QED) is 0.875. The van der Waals surface area contributed by atoms with Crippen LogP contribution in [0.5, 0.6) is 0 Å². The maximum atomic E-state index is 9.00. The summed E-state index contributed by atoms with van der Waals surface area (Å²) in [6, 6.07) is 8.32. The molecular weight excluding hydrogens is 230 g/mol. The molecule has 0 atom stereocenters. The molecule has 1 aromatic carbocycles. The molecule has 0 aliphatic carbocycles. The van der Waals surface area contributed by atoms with Crippen molar-refractivity contribution in [2.75, 3.05) is 5.32 Å². The largest absolute Gasteiger partial charge is 0.338 e. The summed E-state index contributed by atoms with van der Waals surface area (Å²) in [6.07, 6.45) is 0. The molecule has 0 saturated carbocycles. The molecule has 0 saturated heterocycles. The average molecular weight is 243 g/mol. The van der Waals surface area contributed by atoms with E-state index in [-0.39, 0.29) is 0 Å². The molecule has 0 aliphatic heterocycles. The van der Waals surface area contributed by atoms with Gasteiger partial charge in [0.05, 0.1) is 5.01 Å². The van der Waals surface area contributed by atoms with Crippen molar-refractivity contribution < 1.29 is 0 Å². The second-order valence-electron chi connectivity index (χ2n) is 3.97. The third kappa shape index (κ3) is 2.45. The zero-order valence-electron chi connectivity index (χ0n) is 10.0. The van der Waals surface area contributed by atoms with E-state index in [0.29, 0.717) is 10.7 Å². The van der Waals surface area contributed by atoms with Crippen LogP contribution in [0.3, 0.4) is 0 Å². The van der Waals surface area contributed by atoms with Crippen molar-refractivity contribution in [3.05, 3.63) is 39.2 Å². The molecule has 17 heavy (non-hydrogen) atoms. The van der Waals surface area contributed by atoms with Gasteiger partial charge in [-0.05, 0) is 32.4 Å². The number of aromatic nitrogens is 1. The molecule has 0 unspecified atom stereocenters. The van der Waals surface area contributed by atoms with Crippen molar-refractivity contribution in [1.82, 2.24) is 4.98 Å². The first kappa shape index (κ1) is 11.6. The van der Waals surface area contributed by atoms with Crippen LogP contribution >= 0.6 is 11.3 Å². The molecule has 0 spiro atoms. The maximum Gasteiger partial charge on any atom is 0.159 e. The van der Waals surface area contributed by atoms with E-state index in [1.54, 1.807) is 0 Å². The van der Waals surface area contributed by atoms with Gasteiger partial charge >= 0.3 is 0 Å². The van der Waals surface area contributed by atoms with Crippen LogP contribution in [-0.2, 0) is 0 Å². The van der Waals surface area contributed by atoms with E-state index in [0.717, 1.165) is 16.3 Å². The fraction of sp³-hybridized carbons (Fsp3) is 0.231. The molecule has 1 N–H and O–H groups in total. The fourth-order valence-electron chi connectivity index (χ4n) is 1.67.